The summed E-state index contributed by atoms with van der Waals surface area (Å²) in [7, 11) is 1.63. The number of nitro benzene ring substituents is 1. The topological polar surface area (TPSA) is 73.6 Å². The van der Waals surface area contributed by atoms with Gasteiger partial charge in [0, 0.05) is 7.05 Å². The van der Waals surface area contributed by atoms with Crippen molar-refractivity contribution >= 4 is 11.4 Å². The Labute approximate surface area is 122 Å². The average molecular weight is 288 g/mol. The molecular formula is C15H16N2O4. The highest BCUT2D eigenvalue weighted by Crippen LogP contribution is 2.39. The molecule has 0 atom stereocenters. The summed E-state index contributed by atoms with van der Waals surface area (Å²) in [6, 6.07) is 11.9. The maximum atomic E-state index is 11.3. The Bertz CT molecular complexity index is 643. The summed E-state index contributed by atoms with van der Waals surface area (Å²) in [6.45, 7) is 2.35. The number of hydrogen-bond acceptors (Lipinski definition) is 5. The maximum Gasteiger partial charge on any atom is 0.334 e. The normalized spacial score (nSPS) is 10.0. The molecule has 0 saturated carbocycles. The second-order valence-corrected chi connectivity index (χ2v) is 4.14. The number of nitrogens with one attached hydrogen (secondary N) is 1. The molecule has 2 aromatic rings. The molecule has 0 bridgehead atoms. The molecule has 0 fully saturated rings. The van der Waals surface area contributed by atoms with Crippen LogP contribution >= 0.6 is 0 Å². The molecule has 21 heavy (non-hydrogen) atoms. The molecule has 6 nitrogen and oxygen atoms in total. The average Bonchev–Trinajstić information content (AvgIpc) is 2.49. The Kier molecular flexibility index (Phi) is 4.61. The van der Waals surface area contributed by atoms with Crippen molar-refractivity contribution in [3.8, 4) is 17.2 Å². The fraction of sp³-hybridized carbons (Fsp3) is 0.200. The van der Waals surface area contributed by atoms with E-state index in [0.29, 0.717) is 23.8 Å². The zero-order valence-corrected chi connectivity index (χ0v) is 11.8. The summed E-state index contributed by atoms with van der Waals surface area (Å²) in [4.78, 5) is 10.8. The molecule has 0 aliphatic heterocycles. The highest BCUT2D eigenvalue weighted by Gasteiger charge is 2.21. The number of ether oxygens (including phenoxy) is 2. The number of nitrogens with zero attached hydrogens (tertiary/aromatic N) is 1. The lowest BCUT2D eigenvalue weighted by atomic mass is 10.2. The quantitative estimate of drug-likeness (QED) is 0.646. The molecule has 2 rings (SSSR count). The van der Waals surface area contributed by atoms with Crippen LogP contribution in [0.25, 0.3) is 0 Å². The second-order valence-electron chi connectivity index (χ2n) is 4.14. The van der Waals surface area contributed by atoms with Gasteiger partial charge in [-0.2, -0.15) is 0 Å². The number of para-hydroxylation sites is 3. The summed E-state index contributed by atoms with van der Waals surface area (Å²) in [5.74, 6) is 1.15. The molecule has 6 heteroatoms. The van der Waals surface area contributed by atoms with Gasteiger partial charge in [0.15, 0.2) is 11.5 Å². The van der Waals surface area contributed by atoms with Crippen molar-refractivity contribution in [1.29, 1.82) is 0 Å². The zero-order valence-electron chi connectivity index (χ0n) is 11.8. The van der Waals surface area contributed by atoms with Crippen molar-refractivity contribution in [2.24, 2.45) is 0 Å². The lowest BCUT2D eigenvalue weighted by molar-refractivity contribution is -0.384. The molecule has 0 aliphatic carbocycles. The van der Waals surface area contributed by atoms with Crippen molar-refractivity contribution in [3.63, 3.8) is 0 Å². The van der Waals surface area contributed by atoms with Crippen LogP contribution in [0.4, 0.5) is 11.4 Å². The van der Waals surface area contributed by atoms with E-state index in [9.17, 15) is 10.1 Å². The number of nitro groups is 1. The van der Waals surface area contributed by atoms with Gasteiger partial charge >= 0.3 is 5.69 Å². The van der Waals surface area contributed by atoms with Gasteiger partial charge in [0.05, 0.1) is 11.5 Å². The molecule has 0 radical (unpaired) electrons. The molecule has 1 N–H and O–H groups in total. The van der Waals surface area contributed by atoms with Crippen molar-refractivity contribution in [1.82, 2.24) is 0 Å². The molecule has 0 aliphatic rings. The number of hydrogen-bond donors (Lipinski definition) is 1. The van der Waals surface area contributed by atoms with Crippen molar-refractivity contribution in [2.45, 2.75) is 6.92 Å². The SMILES string of the molecule is CCOc1ccccc1Oc1cccc(NC)c1[N+](=O)[O-]. The van der Waals surface area contributed by atoms with E-state index in [-0.39, 0.29) is 11.4 Å². The van der Waals surface area contributed by atoms with Gasteiger partial charge < -0.3 is 14.8 Å². The van der Waals surface area contributed by atoms with Gasteiger partial charge in [-0.05, 0) is 31.2 Å². The highest BCUT2D eigenvalue weighted by atomic mass is 16.6. The minimum absolute atomic E-state index is 0.105. The molecule has 0 unspecified atom stereocenters. The summed E-state index contributed by atoms with van der Waals surface area (Å²) < 4.78 is 11.1. The van der Waals surface area contributed by atoms with Crippen LogP contribution in [-0.4, -0.2) is 18.6 Å². The van der Waals surface area contributed by atoms with Crippen molar-refractivity contribution < 1.29 is 14.4 Å². The Morgan fingerprint density at radius 1 is 1.10 bits per heavy atom. The van der Waals surface area contributed by atoms with E-state index < -0.39 is 4.92 Å². The first-order chi connectivity index (χ1) is 10.2. The van der Waals surface area contributed by atoms with Gasteiger partial charge in [0.25, 0.3) is 0 Å². The van der Waals surface area contributed by atoms with Gasteiger partial charge in [-0.1, -0.05) is 18.2 Å². The lowest BCUT2D eigenvalue weighted by Crippen LogP contribution is -2.00. The summed E-state index contributed by atoms with van der Waals surface area (Å²) >= 11 is 0. The summed E-state index contributed by atoms with van der Waals surface area (Å²) in [6.07, 6.45) is 0. The third kappa shape index (κ3) is 3.22. The van der Waals surface area contributed by atoms with Gasteiger partial charge in [0.2, 0.25) is 5.75 Å². The van der Waals surface area contributed by atoms with Crippen LogP contribution in [0.15, 0.2) is 42.5 Å². The number of anilines is 1. The van der Waals surface area contributed by atoms with Crippen molar-refractivity contribution in [3.05, 3.63) is 52.6 Å². The predicted octanol–water partition coefficient (Wildman–Crippen LogP) is 3.83. The van der Waals surface area contributed by atoms with E-state index in [2.05, 4.69) is 5.32 Å². The molecule has 0 amide bonds. The Morgan fingerprint density at radius 2 is 1.76 bits per heavy atom. The third-order valence-electron chi connectivity index (χ3n) is 2.82. The molecule has 0 spiro atoms. The Balaban J connectivity index is 2.42. The van der Waals surface area contributed by atoms with Gasteiger partial charge in [-0.15, -0.1) is 0 Å². The van der Waals surface area contributed by atoms with E-state index in [1.165, 1.54) is 0 Å². The third-order valence-corrected chi connectivity index (χ3v) is 2.82. The largest absolute Gasteiger partial charge is 0.490 e. The smallest absolute Gasteiger partial charge is 0.334 e. The number of benzene rings is 2. The molecule has 0 heterocycles. The standard InChI is InChI=1S/C15H16N2O4/c1-3-20-12-8-4-5-9-13(12)21-14-10-6-7-11(16-2)15(14)17(18)19/h4-10,16H,3H2,1-2H3. The summed E-state index contributed by atoms with van der Waals surface area (Å²) in [5, 5.41) is 14.0. The summed E-state index contributed by atoms with van der Waals surface area (Å²) in [5.41, 5.74) is 0.290. The fourth-order valence-electron chi connectivity index (χ4n) is 1.92. The number of rotatable bonds is 6. The van der Waals surface area contributed by atoms with E-state index >= 15 is 0 Å². The minimum atomic E-state index is -0.468. The maximum absolute atomic E-state index is 11.3. The first kappa shape index (κ1) is 14.6. The monoisotopic (exact) mass is 288 g/mol. The first-order valence-corrected chi connectivity index (χ1v) is 6.52. The molecule has 2 aromatic carbocycles. The van der Waals surface area contributed by atoms with E-state index in [4.69, 9.17) is 9.47 Å². The predicted molar refractivity (Wildman–Crippen MR) is 80.3 cm³/mol. The van der Waals surface area contributed by atoms with Gasteiger partial charge in [-0.3, -0.25) is 10.1 Å². The molecule has 110 valence electrons. The lowest BCUT2D eigenvalue weighted by Gasteiger charge is -2.12. The van der Waals surface area contributed by atoms with Crippen LogP contribution in [-0.2, 0) is 0 Å². The van der Waals surface area contributed by atoms with Crippen LogP contribution in [0.3, 0.4) is 0 Å². The van der Waals surface area contributed by atoms with Gasteiger partial charge in [0.1, 0.15) is 5.69 Å². The second kappa shape index (κ2) is 6.60. The molecule has 0 aromatic heterocycles. The first-order valence-electron chi connectivity index (χ1n) is 6.52. The Morgan fingerprint density at radius 3 is 2.38 bits per heavy atom. The van der Waals surface area contributed by atoms with Gasteiger partial charge in [-0.25, -0.2) is 0 Å². The minimum Gasteiger partial charge on any atom is -0.490 e. The molecule has 0 saturated heterocycles. The molecular weight excluding hydrogens is 272 g/mol. The van der Waals surface area contributed by atoms with E-state index in [1.807, 2.05) is 13.0 Å². The zero-order chi connectivity index (χ0) is 15.2. The van der Waals surface area contributed by atoms with E-state index in [0.717, 1.165) is 0 Å². The van der Waals surface area contributed by atoms with Crippen LogP contribution in [0.5, 0.6) is 17.2 Å². The Hall–Kier alpha value is -2.76. The van der Waals surface area contributed by atoms with Crippen molar-refractivity contribution in [2.75, 3.05) is 19.0 Å². The van der Waals surface area contributed by atoms with E-state index in [1.54, 1.807) is 43.4 Å². The van der Waals surface area contributed by atoms with Crippen LogP contribution < -0.4 is 14.8 Å². The van der Waals surface area contributed by atoms with Crippen LogP contribution in [0.1, 0.15) is 6.92 Å². The fourth-order valence-corrected chi connectivity index (χ4v) is 1.92. The van der Waals surface area contributed by atoms with Crippen LogP contribution in [0.2, 0.25) is 0 Å². The van der Waals surface area contributed by atoms with Crippen LogP contribution in [0, 0.1) is 10.1 Å². The highest BCUT2D eigenvalue weighted by molar-refractivity contribution is 5.69.